The Morgan fingerprint density at radius 3 is 2.75 bits per heavy atom. The fourth-order valence-electron chi connectivity index (χ4n) is 0.749. The van der Waals surface area contributed by atoms with Crippen LogP contribution in [0.3, 0.4) is 0 Å². The summed E-state index contributed by atoms with van der Waals surface area (Å²) in [5, 5.41) is 8.91. The maximum atomic E-state index is 10.8. The number of aromatic nitrogens is 1. The molecule has 0 aliphatic rings. The van der Waals surface area contributed by atoms with E-state index in [1.165, 1.54) is 7.11 Å². The lowest BCUT2D eigenvalue weighted by Crippen LogP contribution is -2.12. The van der Waals surface area contributed by atoms with Gasteiger partial charge in [-0.1, -0.05) is 0 Å². The largest absolute Gasteiger partial charge is 0.508 e. The van der Waals surface area contributed by atoms with E-state index >= 15 is 0 Å². The molecule has 1 rings (SSSR count). The number of H-pyrrole nitrogens is 1. The van der Waals surface area contributed by atoms with Crippen molar-refractivity contribution >= 4 is 5.97 Å². The van der Waals surface area contributed by atoms with Crippen molar-refractivity contribution in [1.82, 2.24) is 4.98 Å². The molecule has 12 heavy (non-hydrogen) atoms. The van der Waals surface area contributed by atoms with Gasteiger partial charge in [-0.05, 0) is 0 Å². The first-order chi connectivity index (χ1) is 5.63. The predicted octanol–water partition coefficient (Wildman–Crippen LogP) is -0.133. The summed E-state index contributed by atoms with van der Waals surface area (Å²) in [6.45, 7) is 0. The number of carbonyl (C=O) groups is 1. The average Bonchev–Trinajstić information content (AvgIpc) is 2.01. The third kappa shape index (κ3) is 1.63. The summed E-state index contributed by atoms with van der Waals surface area (Å²) in [5.41, 5.74) is -0.613. The van der Waals surface area contributed by atoms with Crippen LogP contribution in [0, 0.1) is 0 Å². The van der Waals surface area contributed by atoms with Crippen LogP contribution in [0.2, 0.25) is 0 Å². The lowest BCUT2D eigenvalue weighted by molar-refractivity contribution is 0.0593. The van der Waals surface area contributed by atoms with Crippen molar-refractivity contribution in [3.8, 4) is 5.75 Å². The summed E-state index contributed by atoms with van der Waals surface area (Å²) in [7, 11) is 1.19. The zero-order valence-electron chi connectivity index (χ0n) is 6.33. The second-order valence-corrected chi connectivity index (χ2v) is 2.11. The van der Waals surface area contributed by atoms with Crippen molar-refractivity contribution in [3.63, 3.8) is 0 Å². The average molecular weight is 169 g/mol. The molecule has 0 atom stereocenters. The molecular formula is C7H7NO4. The summed E-state index contributed by atoms with van der Waals surface area (Å²) in [6, 6.07) is 2.08. The number of aromatic hydroxyl groups is 1. The highest BCUT2D eigenvalue weighted by molar-refractivity contribution is 5.87. The van der Waals surface area contributed by atoms with E-state index in [0.717, 1.165) is 12.1 Å². The number of nitrogens with one attached hydrogen (secondary N) is 1. The Morgan fingerprint density at radius 1 is 1.58 bits per heavy atom. The molecule has 0 saturated heterocycles. The Hall–Kier alpha value is -1.78. The fourth-order valence-corrected chi connectivity index (χ4v) is 0.749. The smallest absolute Gasteiger partial charge is 0.354 e. The van der Waals surface area contributed by atoms with Crippen LogP contribution < -0.4 is 5.56 Å². The maximum Gasteiger partial charge on any atom is 0.354 e. The second-order valence-electron chi connectivity index (χ2n) is 2.11. The highest BCUT2D eigenvalue weighted by Gasteiger charge is 2.06. The molecule has 0 aliphatic heterocycles. The van der Waals surface area contributed by atoms with Gasteiger partial charge in [0, 0.05) is 12.1 Å². The molecule has 0 amide bonds. The van der Waals surface area contributed by atoms with Crippen molar-refractivity contribution in [1.29, 1.82) is 0 Å². The first-order valence-corrected chi connectivity index (χ1v) is 3.15. The van der Waals surface area contributed by atoms with Gasteiger partial charge in [0.15, 0.2) is 0 Å². The summed E-state index contributed by atoms with van der Waals surface area (Å²) < 4.78 is 4.33. The Labute approximate surface area is 67.6 Å². The van der Waals surface area contributed by atoms with Crippen LogP contribution in [0.1, 0.15) is 10.5 Å². The van der Waals surface area contributed by atoms with E-state index in [9.17, 15) is 9.59 Å². The minimum atomic E-state index is -0.692. The predicted molar refractivity (Wildman–Crippen MR) is 40.1 cm³/mol. The van der Waals surface area contributed by atoms with Gasteiger partial charge >= 0.3 is 5.97 Å². The molecule has 2 N–H and O–H groups in total. The van der Waals surface area contributed by atoms with Crippen molar-refractivity contribution in [2.45, 2.75) is 0 Å². The van der Waals surface area contributed by atoms with E-state index in [4.69, 9.17) is 5.11 Å². The SMILES string of the molecule is COC(=O)c1cc(O)cc(=O)[nH]1. The molecule has 0 unspecified atom stereocenters. The summed E-state index contributed by atoms with van der Waals surface area (Å²) in [4.78, 5) is 23.7. The van der Waals surface area contributed by atoms with Gasteiger partial charge in [-0.2, -0.15) is 0 Å². The molecule has 5 heteroatoms. The van der Waals surface area contributed by atoms with Crippen LogP contribution in [0.25, 0.3) is 0 Å². The van der Waals surface area contributed by atoms with Gasteiger partial charge in [0.05, 0.1) is 7.11 Å². The van der Waals surface area contributed by atoms with E-state index in [2.05, 4.69) is 9.72 Å². The fraction of sp³-hybridized carbons (Fsp3) is 0.143. The maximum absolute atomic E-state index is 10.8. The number of hydrogen-bond donors (Lipinski definition) is 2. The minimum absolute atomic E-state index is 0.0671. The number of ether oxygens (including phenoxy) is 1. The van der Waals surface area contributed by atoms with E-state index in [0.29, 0.717) is 0 Å². The van der Waals surface area contributed by atoms with Crippen molar-refractivity contribution < 1.29 is 14.6 Å². The number of esters is 1. The van der Waals surface area contributed by atoms with Crippen molar-refractivity contribution in [2.24, 2.45) is 0 Å². The molecule has 0 fully saturated rings. The first-order valence-electron chi connectivity index (χ1n) is 3.15. The van der Waals surface area contributed by atoms with Crippen LogP contribution >= 0.6 is 0 Å². The van der Waals surface area contributed by atoms with Crippen LogP contribution in [-0.2, 0) is 4.74 Å². The molecular weight excluding hydrogens is 162 g/mol. The number of carbonyl (C=O) groups excluding carboxylic acids is 1. The summed E-state index contributed by atoms with van der Waals surface area (Å²) in [6.07, 6.45) is 0. The van der Waals surface area contributed by atoms with Gasteiger partial charge in [-0.15, -0.1) is 0 Å². The molecule has 1 aromatic heterocycles. The van der Waals surface area contributed by atoms with E-state index < -0.39 is 11.5 Å². The van der Waals surface area contributed by atoms with Gasteiger partial charge < -0.3 is 14.8 Å². The van der Waals surface area contributed by atoms with Gasteiger partial charge in [0.1, 0.15) is 11.4 Å². The summed E-state index contributed by atoms with van der Waals surface area (Å²) in [5.74, 6) is -0.956. The highest BCUT2D eigenvalue weighted by atomic mass is 16.5. The highest BCUT2D eigenvalue weighted by Crippen LogP contribution is 2.05. The van der Waals surface area contributed by atoms with Gasteiger partial charge in [-0.25, -0.2) is 4.79 Å². The first kappa shape index (κ1) is 8.32. The van der Waals surface area contributed by atoms with Crippen LogP contribution in [0.5, 0.6) is 5.75 Å². The molecule has 0 radical (unpaired) electrons. The quantitative estimate of drug-likeness (QED) is 0.574. The van der Waals surface area contributed by atoms with E-state index in [1.54, 1.807) is 0 Å². The zero-order chi connectivity index (χ0) is 9.14. The minimum Gasteiger partial charge on any atom is -0.508 e. The van der Waals surface area contributed by atoms with Gasteiger partial charge in [0.25, 0.3) is 5.56 Å². The lowest BCUT2D eigenvalue weighted by atomic mass is 10.3. The monoisotopic (exact) mass is 169 g/mol. The van der Waals surface area contributed by atoms with E-state index in [-0.39, 0.29) is 11.4 Å². The summed E-state index contributed by atoms with van der Waals surface area (Å²) >= 11 is 0. The van der Waals surface area contributed by atoms with Crippen LogP contribution in [-0.4, -0.2) is 23.2 Å². The Kier molecular flexibility index (Phi) is 2.14. The molecule has 0 bridgehead atoms. The Morgan fingerprint density at radius 2 is 2.25 bits per heavy atom. The molecule has 64 valence electrons. The number of methoxy groups -OCH3 is 1. The number of pyridine rings is 1. The Balaban J connectivity index is 3.17. The van der Waals surface area contributed by atoms with Gasteiger partial charge in [-0.3, -0.25) is 4.79 Å². The number of rotatable bonds is 1. The topological polar surface area (TPSA) is 79.4 Å². The van der Waals surface area contributed by atoms with Crippen LogP contribution in [0.4, 0.5) is 0 Å². The third-order valence-corrected chi connectivity index (χ3v) is 1.23. The molecule has 0 aliphatic carbocycles. The lowest BCUT2D eigenvalue weighted by Gasteiger charge is -1.98. The standard InChI is InChI=1S/C7H7NO4/c1-12-7(11)5-2-4(9)3-6(10)8-5/h2-3H,1H3,(H2,8,9,10). The van der Waals surface area contributed by atoms with E-state index in [1.807, 2.05) is 0 Å². The third-order valence-electron chi connectivity index (χ3n) is 1.23. The zero-order valence-corrected chi connectivity index (χ0v) is 6.33. The van der Waals surface area contributed by atoms with Crippen molar-refractivity contribution in [2.75, 3.05) is 7.11 Å². The second kappa shape index (κ2) is 3.08. The molecule has 5 nitrogen and oxygen atoms in total. The van der Waals surface area contributed by atoms with Gasteiger partial charge in [0.2, 0.25) is 0 Å². The normalized spacial score (nSPS) is 9.42. The molecule has 0 saturated carbocycles. The van der Waals surface area contributed by atoms with Crippen LogP contribution in [0.15, 0.2) is 16.9 Å². The van der Waals surface area contributed by atoms with Crippen molar-refractivity contribution in [3.05, 3.63) is 28.2 Å². The number of aromatic amines is 1. The Bertz CT molecular complexity index is 355. The number of hydrogen-bond acceptors (Lipinski definition) is 4. The molecule has 1 aromatic rings. The molecule has 1 heterocycles. The molecule has 0 aromatic carbocycles. The molecule has 0 spiro atoms.